The van der Waals surface area contributed by atoms with Crippen molar-refractivity contribution in [1.29, 1.82) is 0 Å². The minimum absolute atomic E-state index is 0.110. The maximum atomic E-state index is 12.1. The van der Waals surface area contributed by atoms with Gasteiger partial charge >= 0.3 is 0 Å². The second kappa shape index (κ2) is 9.93. The van der Waals surface area contributed by atoms with Gasteiger partial charge in [-0.05, 0) is 26.0 Å². The van der Waals surface area contributed by atoms with Crippen LogP contribution in [0.1, 0.15) is 20.3 Å². The Labute approximate surface area is 151 Å². The van der Waals surface area contributed by atoms with Crippen LogP contribution in [0.2, 0.25) is 0 Å². The van der Waals surface area contributed by atoms with Crippen LogP contribution >= 0.6 is 11.8 Å². The summed E-state index contributed by atoms with van der Waals surface area (Å²) in [6.07, 6.45) is 0.224. The molecule has 0 spiro atoms. The topological polar surface area (TPSA) is 89.0 Å². The molecule has 1 aromatic rings. The van der Waals surface area contributed by atoms with Crippen LogP contribution < -0.4 is 20.1 Å². The molecule has 0 saturated carbocycles. The van der Waals surface area contributed by atoms with Crippen LogP contribution in [0.5, 0.6) is 11.5 Å². The summed E-state index contributed by atoms with van der Waals surface area (Å²) in [4.78, 5) is 28.2. The van der Waals surface area contributed by atoms with E-state index in [1.54, 1.807) is 30.0 Å². The summed E-state index contributed by atoms with van der Waals surface area (Å²) in [6, 6.07) is 5.24. The lowest BCUT2D eigenvalue weighted by Gasteiger charge is -2.14. The third kappa shape index (κ3) is 6.30. The molecule has 1 aliphatic heterocycles. The van der Waals surface area contributed by atoms with Crippen molar-refractivity contribution in [1.82, 2.24) is 5.32 Å². The van der Waals surface area contributed by atoms with Crippen LogP contribution in [0.25, 0.3) is 0 Å². The molecule has 0 fully saturated rings. The Morgan fingerprint density at radius 1 is 1.20 bits per heavy atom. The van der Waals surface area contributed by atoms with E-state index in [2.05, 4.69) is 15.6 Å². The average molecular weight is 365 g/mol. The van der Waals surface area contributed by atoms with Gasteiger partial charge < -0.3 is 20.1 Å². The number of benzene rings is 1. The molecular weight excluding hydrogens is 342 g/mol. The number of rotatable bonds is 9. The van der Waals surface area contributed by atoms with Crippen molar-refractivity contribution in [3.63, 3.8) is 0 Å². The molecule has 8 heteroatoms. The monoisotopic (exact) mass is 365 g/mol. The summed E-state index contributed by atoms with van der Waals surface area (Å²) in [7, 11) is 0. The van der Waals surface area contributed by atoms with Crippen LogP contribution in [-0.2, 0) is 9.59 Å². The van der Waals surface area contributed by atoms with E-state index >= 15 is 0 Å². The van der Waals surface area contributed by atoms with Crippen LogP contribution in [0, 0.1) is 0 Å². The number of carbonyl (C=O) groups is 2. The highest BCUT2D eigenvalue weighted by atomic mass is 32.2. The molecule has 1 aromatic carbocycles. The maximum absolute atomic E-state index is 12.1. The molecule has 0 radical (unpaired) electrons. The lowest BCUT2D eigenvalue weighted by molar-refractivity contribution is -0.123. The Balaban J connectivity index is 1.89. The van der Waals surface area contributed by atoms with E-state index in [-0.39, 0.29) is 24.8 Å². The average Bonchev–Trinajstić information content (AvgIpc) is 3.09. The molecule has 25 heavy (non-hydrogen) atoms. The van der Waals surface area contributed by atoms with Crippen molar-refractivity contribution in [2.75, 3.05) is 37.4 Å². The second-order valence-electron chi connectivity index (χ2n) is 5.15. The molecule has 2 rings (SSSR count). The Kier molecular flexibility index (Phi) is 7.59. The van der Waals surface area contributed by atoms with E-state index in [1.165, 1.54) is 0 Å². The number of nitrogens with zero attached hydrogens (tertiary/aromatic N) is 1. The minimum Gasteiger partial charge on any atom is -0.494 e. The smallest absolute Gasteiger partial charge is 0.243 e. The molecule has 2 amide bonds. The van der Waals surface area contributed by atoms with Gasteiger partial charge in [-0.15, -0.1) is 11.8 Å². The number of anilines is 1. The Morgan fingerprint density at radius 3 is 2.68 bits per heavy atom. The summed E-state index contributed by atoms with van der Waals surface area (Å²) >= 11 is 1.58. The number of thioether (sulfide) groups is 1. The summed E-state index contributed by atoms with van der Waals surface area (Å²) < 4.78 is 11.0. The first-order chi connectivity index (χ1) is 12.1. The third-order valence-electron chi connectivity index (χ3n) is 3.24. The number of nitrogens with one attached hydrogen (secondary N) is 2. The summed E-state index contributed by atoms with van der Waals surface area (Å²) in [6.45, 7) is 5.40. The number of aliphatic imine (C=N–C) groups is 1. The summed E-state index contributed by atoms with van der Waals surface area (Å²) in [5.74, 6) is 1.57. The van der Waals surface area contributed by atoms with E-state index in [0.29, 0.717) is 30.4 Å². The van der Waals surface area contributed by atoms with Gasteiger partial charge in [-0.2, -0.15) is 0 Å². The number of carbonyl (C=O) groups excluding carboxylic acids is 2. The van der Waals surface area contributed by atoms with Gasteiger partial charge in [-0.3, -0.25) is 14.6 Å². The van der Waals surface area contributed by atoms with Gasteiger partial charge in [0.2, 0.25) is 11.8 Å². The normalized spacial score (nSPS) is 13.1. The standard InChI is InChI=1S/C17H23N3O4S/c1-3-23-12-5-6-14(24-4-2)13(9-12)20-16(22)11-19-15(21)10-17-18-7-8-25-17/h5-6,9H,3-4,7-8,10-11H2,1-2H3,(H,19,21)(H,20,22). The summed E-state index contributed by atoms with van der Waals surface area (Å²) in [5.41, 5.74) is 0.516. The number of hydrogen-bond donors (Lipinski definition) is 2. The molecule has 0 aromatic heterocycles. The molecule has 0 saturated heterocycles. The zero-order valence-corrected chi connectivity index (χ0v) is 15.3. The van der Waals surface area contributed by atoms with Crippen LogP contribution in [0.4, 0.5) is 5.69 Å². The van der Waals surface area contributed by atoms with Crippen molar-refractivity contribution < 1.29 is 19.1 Å². The van der Waals surface area contributed by atoms with Crippen molar-refractivity contribution in [2.24, 2.45) is 4.99 Å². The molecule has 136 valence electrons. The van der Waals surface area contributed by atoms with Gasteiger partial charge in [-0.1, -0.05) is 0 Å². The highest BCUT2D eigenvalue weighted by Gasteiger charge is 2.14. The van der Waals surface area contributed by atoms with Crippen molar-refractivity contribution >= 4 is 34.3 Å². The Hall–Kier alpha value is -2.22. The fraction of sp³-hybridized carbons (Fsp3) is 0.471. The fourth-order valence-electron chi connectivity index (χ4n) is 2.20. The molecule has 2 N–H and O–H groups in total. The zero-order chi connectivity index (χ0) is 18.1. The molecule has 7 nitrogen and oxygen atoms in total. The first-order valence-electron chi connectivity index (χ1n) is 8.24. The zero-order valence-electron chi connectivity index (χ0n) is 14.5. The molecule has 1 aliphatic rings. The maximum Gasteiger partial charge on any atom is 0.243 e. The van der Waals surface area contributed by atoms with Crippen LogP contribution in [-0.4, -0.2) is 48.9 Å². The van der Waals surface area contributed by atoms with Gasteiger partial charge in [0.25, 0.3) is 0 Å². The van der Waals surface area contributed by atoms with E-state index in [4.69, 9.17) is 9.47 Å². The van der Waals surface area contributed by atoms with E-state index in [1.807, 2.05) is 13.8 Å². The molecule has 0 unspecified atom stereocenters. The van der Waals surface area contributed by atoms with Crippen molar-refractivity contribution in [3.05, 3.63) is 18.2 Å². The minimum atomic E-state index is -0.330. The Morgan fingerprint density at radius 2 is 2.00 bits per heavy atom. The quantitative estimate of drug-likeness (QED) is 0.699. The summed E-state index contributed by atoms with van der Waals surface area (Å²) in [5, 5.41) is 6.17. The second-order valence-corrected chi connectivity index (χ2v) is 6.32. The van der Waals surface area contributed by atoms with Crippen molar-refractivity contribution in [3.8, 4) is 11.5 Å². The largest absolute Gasteiger partial charge is 0.494 e. The van der Waals surface area contributed by atoms with Gasteiger partial charge in [0.1, 0.15) is 11.5 Å². The SMILES string of the molecule is CCOc1ccc(OCC)c(NC(=O)CNC(=O)CC2=NCCS2)c1. The number of ether oxygens (including phenoxy) is 2. The highest BCUT2D eigenvalue weighted by Crippen LogP contribution is 2.29. The first-order valence-corrected chi connectivity index (χ1v) is 9.23. The van der Waals surface area contributed by atoms with Crippen molar-refractivity contribution in [2.45, 2.75) is 20.3 Å². The molecule has 0 bridgehead atoms. The van der Waals surface area contributed by atoms with Gasteiger partial charge in [0.15, 0.2) is 0 Å². The predicted molar refractivity (Wildman–Crippen MR) is 99.8 cm³/mol. The lowest BCUT2D eigenvalue weighted by atomic mass is 10.2. The van der Waals surface area contributed by atoms with E-state index in [9.17, 15) is 9.59 Å². The van der Waals surface area contributed by atoms with Crippen LogP contribution in [0.15, 0.2) is 23.2 Å². The third-order valence-corrected chi connectivity index (χ3v) is 4.24. The van der Waals surface area contributed by atoms with Gasteiger partial charge in [-0.25, -0.2) is 0 Å². The lowest BCUT2D eigenvalue weighted by Crippen LogP contribution is -2.33. The predicted octanol–water partition coefficient (Wildman–Crippen LogP) is 2.07. The molecule has 0 atom stereocenters. The van der Waals surface area contributed by atoms with Gasteiger partial charge in [0, 0.05) is 18.4 Å². The number of hydrogen-bond acceptors (Lipinski definition) is 6. The van der Waals surface area contributed by atoms with E-state index < -0.39 is 0 Å². The highest BCUT2D eigenvalue weighted by molar-refractivity contribution is 8.14. The van der Waals surface area contributed by atoms with Gasteiger partial charge in [0.05, 0.1) is 36.9 Å². The van der Waals surface area contributed by atoms with Crippen LogP contribution in [0.3, 0.4) is 0 Å². The first kappa shape index (κ1) is 19.1. The van der Waals surface area contributed by atoms with E-state index in [0.717, 1.165) is 17.3 Å². The fourth-order valence-corrected chi connectivity index (χ4v) is 3.04. The Bertz CT molecular complexity index is 649. The molecule has 1 heterocycles. The molecular formula is C17H23N3O4S. The molecule has 0 aliphatic carbocycles. The number of amides is 2.